The highest BCUT2D eigenvalue weighted by Crippen LogP contribution is 2.24. The van der Waals surface area contributed by atoms with E-state index in [0.29, 0.717) is 24.6 Å². The highest BCUT2D eigenvalue weighted by atomic mass is 16.3. The van der Waals surface area contributed by atoms with Gasteiger partial charge in [-0.2, -0.15) is 0 Å². The Morgan fingerprint density at radius 3 is 2.85 bits per heavy atom. The first-order valence-corrected chi connectivity index (χ1v) is 7.07. The summed E-state index contributed by atoms with van der Waals surface area (Å²) in [6, 6.07) is 1.71. The SMILES string of the molecule is CC(C)c1nc(N2CC(O)CC2CN(C)C)cc(=O)[nH]1. The summed E-state index contributed by atoms with van der Waals surface area (Å²) in [5.74, 6) is 1.53. The maximum absolute atomic E-state index is 11.8. The van der Waals surface area contributed by atoms with Crippen LogP contribution in [0.15, 0.2) is 10.9 Å². The van der Waals surface area contributed by atoms with Crippen LogP contribution < -0.4 is 10.5 Å². The molecule has 0 bridgehead atoms. The zero-order valence-electron chi connectivity index (χ0n) is 12.6. The average Bonchev–Trinajstić information content (AvgIpc) is 2.68. The van der Waals surface area contributed by atoms with Gasteiger partial charge in [-0.25, -0.2) is 4.98 Å². The van der Waals surface area contributed by atoms with Gasteiger partial charge in [0.25, 0.3) is 5.56 Å². The molecule has 6 nitrogen and oxygen atoms in total. The third kappa shape index (κ3) is 3.37. The summed E-state index contributed by atoms with van der Waals surface area (Å²) >= 11 is 0. The van der Waals surface area contributed by atoms with E-state index in [4.69, 9.17) is 0 Å². The Hall–Kier alpha value is -1.40. The number of H-pyrrole nitrogens is 1. The van der Waals surface area contributed by atoms with E-state index in [2.05, 4.69) is 14.9 Å². The van der Waals surface area contributed by atoms with E-state index in [9.17, 15) is 9.90 Å². The van der Waals surface area contributed by atoms with Crippen LogP contribution in [0.25, 0.3) is 0 Å². The number of anilines is 1. The number of nitrogens with zero attached hydrogens (tertiary/aromatic N) is 3. The predicted octanol–water partition coefficient (Wildman–Crippen LogP) is 0.395. The van der Waals surface area contributed by atoms with Gasteiger partial charge >= 0.3 is 0 Å². The van der Waals surface area contributed by atoms with Crippen molar-refractivity contribution >= 4 is 5.82 Å². The van der Waals surface area contributed by atoms with Gasteiger partial charge in [0.05, 0.1) is 6.10 Å². The summed E-state index contributed by atoms with van der Waals surface area (Å²) in [5, 5.41) is 9.92. The standard InChI is InChI=1S/C14H24N4O2/c1-9(2)14-15-12(6-13(20)16-14)18-8-11(19)5-10(18)7-17(3)4/h6,9-11,19H,5,7-8H2,1-4H3,(H,15,16,20). The molecule has 0 aromatic carbocycles. The molecule has 0 radical (unpaired) electrons. The number of aromatic nitrogens is 2. The number of aromatic amines is 1. The molecular formula is C14H24N4O2. The highest BCUT2D eigenvalue weighted by molar-refractivity contribution is 5.41. The Labute approximate surface area is 119 Å². The van der Waals surface area contributed by atoms with Gasteiger partial charge in [0.15, 0.2) is 0 Å². The van der Waals surface area contributed by atoms with Gasteiger partial charge in [-0.1, -0.05) is 13.8 Å². The monoisotopic (exact) mass is 280 g/mol. The lowest BCUT2D eigenvalue weighted by Gasteiger charge is -2.28. The highest BCUT2D eigenvalue weighted by Gasteiger charge is 2.32. The molecule has 112 valence electrons. The number of β-amino-alcohol motifs (C(OH)–C–C–N with tert-alkyl or cyclic N) is 1. The number of aliphatic hydroxyl groups excluding tert-OH is 1. The van der Waals surface area contributed by atoms with E-state index in [-0.39, 0.29) is 23.6 Å². The first-order chi connectivity index (χ1) is 9.36. The molecule has 0 amide bonds. The number of likely N-dealkylation sites (N-methyl/N-ethyl adjacent to an activating group) is 1. The van der Waals surface area contributed by atoms with Gasteiger partial charge in [0.1, 0.15) is 11.6 Å². The maximum atomic E-state index is 11.8. The second-order valence-electron chi connectivity index (χ2n) is 6.10. The second-order valence-corrected chi connectivity index (χ2v) is 6.10. The molecule has 0 saturated carbocycles. The average molecular weight is 280 g/mol. The zero-order valence-corrected chi connectivity index (χ0v) is 12.6. The molecule has 1 aliphatic rings. The van der Waals surface area contributed by atoms with E-state index < -0.39 is 0 Å². The van der Waals surface area contributed by atoms with Gasteiger partial charge < -0.3 is 19.9 Å². The largest absolute Gasteiger partial charge is 0.391 e. The third-order valence-corrected chi connectivity index (χ3v) is 3.56. The van der Waals surface area contributed by atoms with Crippen LogP contribution in [0.3, 0.4) is 0 Å². The van der Waals surface area contributed by atoms with Crippen molar-refractivity contribution in [2.45, 2.75) is 38.3 Å². The van der Waals surface area contributed by atoms with Crippen LogP contribution in [0, 0.1) is 0 Å². The normalized spacial score (nSPS) is 23.1. The lowest BCUT2D eigenvalue weighted by atomic mass is 10.2. The summed E-state index contributed by atoms with van der Waals surface area (Å²) in [6.45, 7) is 5.37. The summed E-state index contributed by atoms with van der Waals surface area (Å²) < 4.78 is 0. The van der Waals surface area contributed by atoms with E-state index in [0.717, 1.165) is 6.54 Å². The van der Waals surface area contributed by atoms with Crippen molar-refractivity contribution in [3.8, 4) is 0 Å². The first kappa shape index (κ1) is 15.0. The van der Waals surface area contributed by atoms with Crippen molar-refractivity contribution in [1.82, 2.24) is 14.9 Å². The number of hydrogen-bond donors (Lipinski definition) is 2. The summed E-state index contributed by atoms with van der Waals surface area (Å²) in [5.41, 5.74) is -0.135. The van der Waals surface area contributed by atoms with E-state index in [1.165, 1.54) is 6.07 Å². The molecule has 0 aliphatic carbocycles. The molecule has 1 fully saturated rings. The number of nitrogens with one attached hydrogen (secondary N) is 1. The van der Waals surface area contributed by atoms with Crippen LogP contribution in [-0.2, 0) is 0 Å². The molecule has 2 unspecified atom stereocenters. The lowest BCUT2D eigenvalue weighted by molar-refractivity contribution is 0.191. The molecule has 2 rings (SSSR count). The molecule has 6 heteroatoms. The van der Waals surface area contributed by atoms with Crippen molar-refractivity contribution in [3.63, 3.8) is 0 Å². The minimum atomic E-state index is -0.358. The zero-order chi connectivity index (χ0) is 14.9. The Bertz CT molecular complexity index is 512. The molecule has 0 spiro atoms. The maximum Gasteiger partial charge on any atom is 0.252 e. The first-order valence-electron chi connectivity index (χ1n) is 7.07. The quantitative estimate of drug-likeness (QED) is 0.835. The second kappa shape index (κ2) is 5.93. The predicted molar refractivity (Wildman–Crippen MR) is 79.3 cm³/mol. The van der Waals surface area contributed by atoms with Crippen LogP contribution in [-0.4, -0.2) is 59.3 Å². The topological polar surface area (TPSA) is 72.5 Å². The Morgan fingerprint density at radius 2 is 2.25 bits per heavy atom. The van der Waals surface area contributed by atoms with Crippen molar-refractivity contribution in [2.75, 3.05) is 32.1 Å². The summed E-state index contributed by atoms with van der Waals surface area (Å²) in [4.78, 5) is 23.2. The lowest BCUT2D eigenvalue weighted by Crippen LogP contribution is -2.38. The Morgan fingerprint density at radius 1 is 1.55 bits per heavy atom. The third-order valence-electron chi connectivity index (χ3n) is 3.56. The Kier molecular flexibility index (Phi) is 4.45. The smallest absolute Gasteiger partial charge is 0.252 e. The molecule has 20 heavy (non-hydrogen) atoms. The Balaban J connectivity index is 2.31. The van der Waals surface area contributed by atoms with Gasteiger partial charge in [0.2, 0.25) is 0 Å². The fourth-order valence-electron chi connectivity index (χ4n) is 2.65. The van der Waals surface area contributed by atoms with Crippen LogP contribution >= 0.6 is 0 Å². The van der Waals surface area contributed by atoms with Gasteiger partial charge in [-0.05, 0) is 20.5 Å². The summed E-state index contributed by atoms with van der Waals surface area (Å²) in [6.07, 6.45) is 0.354. The van der Waals surface area contributed by atoms with Crippen LogP contribution in [0.5, 0.6) is 0 Å². The molecule has 1 aliphatic heterocycles. The molecule has 2 heterocycles. The van der Waals surface area contributed by atoms with Crippen LogP contribution in [0.4, 0.5) is 5.82 Å². The van der Waals surface area contributed by atoms with Gasteiger partial charge in [-0.15, -0.1) is 0 Å². The summed E-state index contributed by atoms with van der Waals surface area (Å²) in [7, 11) is 4.02. The fraction of sp³-hybridized carbons (Fsp3) is 0.714. The molecule has 2 N–H and O–H groups in total. The molecular weight excluding hydrogens is 256 g/mol. The van der Waals surface area contributed by atoms with E-state index >= 15 is 0 Å². The number of rotatable bonds is 4. The van der Waals surface area contributed by atoms with E-state index in [1.807, 2.05) is 32.8 Å². The molecule has 1 saturated heterocycles. The van der Waals surface area contributed by atoms with Crippen LogP contribution in [0.1, 0.15) is 32.0 Å². The van der Waals surface area contributed by atoms with Crippen molar-refractivity contribution in [1.29, 1.82) is 0 Å². The van der Waals surface area contributed by atoms with Crippen molar-refractivity contribution in [2.24, 2.45) is 0 Å². The van der Waals surface area contributed by atoms with Crippen LogP contribution in [0.2, 0.25) is 0 Å². The fourth-order valence-corrected chi connectivity index (χ4v) is 2.65. The van der Waals surface area contributed by atoms with E-state index in [1.54, 1.807) is 0 Å². The number of aliphatic hydroxyl groups is 1. The number of hydrogen-bond acceptors (Lipinski definition) is 5. The van der Waals surface area contributed by atoms with Crippen molar-refractivity contribution in [3.05, 3.63) is 22.2 Å². The van der Waals surface area contributed by atoms with Gasteiger partial charge in [-0.3, -0.25) is 4.79 Å². The minimum absolute atomic E-state index is 0.135. The molecule has 2 atom stereocenters. The molecule has 1 aromatic heterocycles. The minimum Gasteiger partial charge on any atom is -0.391 e. The van der Waals surface area contributed by atoms with Gasteiger partial charge in [0, 0.05) is 31.1 Å². The molecule has 1 aromatic rings. The van der Waals surface area contributed by atoms with Crippen molar-refractivity contribution < 1.29 is 5.11 Å².